The number of unbranched alkanes of at least 4 members (excludes halogenated alkanes) is 3. The number of aliphatic hydroxyl groups excluding tert-OH is 1. The quantitative estimate of drug-likeness (QED) is 0.327. The molecule has 0 aromatic carbocycles. The fourth-order valence-electron chi connectivity index (χ4n) is 2.27. The van der Waals surface area contributed by atoms with Crippen LogP contribution in [0.3, 0.4) is 0 Å². The van der Waals surface area contributed by atoms with Gasteiger partial charge in [0.2, 0.25) is 0 Å². The zero-order valence-corrected chi connectivity index (χ0v) is 13.8. The van der Waals surface area contributed by atoms with Crippen molar-refractivity contribution in [3.8, 4) is 0 Å². The number of aliphatic hydroxyl groups is 1. The lowest BCUT2D eigenvalue weighted by Crippen LogP contribution is -2.43. The van der Waals surface area contributed by atoms with Gasteiger partial charge in [0.15, 0.2) is 5.96 Å². The van der Waals surface area contributed by atoms with Gasteiger partial charge in [0.1, 0.15) is 0 Å². The fourth-order valence-corrected chi connectivity index (χ4v) is 2.27. The molecule has 1 atom stereocenters. The van der Waals surface area contributed by atoms with Crippen LogP contribution in [0.1, 0.15) is 45.4 Å². The van der Waals surface area contributed by atoms with E-state index < -0.39 is 0 Å². The zero-order chi connectivity index (χ0) is 12.5. The summed E-state index contributed by atoms with van der Waals surface area (Å²) in [5.41, 5.74) is 5.99. The highest BCUT2D eigenvalue weighted by atomic mass is 127. The zero-order valence-electron chi connectivity index (χ0n) is 11.5. The molecule has 1 rings (SSSR count). The van der Waals surface area contributed by atoms with Gasteiger partial charge >= 0.3 is 0 Å². The van der Waals surface area contributed by atoms with Crippen LogP contribution in [0.4, 0.5) is 0 Å². The van der Waals surface area contributed by atoms with E-state index in [2.05, 4.69) is 16.8 Å². The SMILES string of the molecule is CC1CCCN(C(N)=NCCCCCCO)C1.I. The summed E-state index contributed by atoms with van der Waals surface area (Å²) < 4.78 is 0. The molecule has 0 saturated carbocycles. The third kappa shape index (κ3) is 7.41. The van der Waals surface area contributed by atoms with Gasteiger partial charge in [0, 0.05) is 26.2 Å². The van der Waals surface area contributed by atoms with E-state index in [1.807, 2.05) is 0 Å². The lowest BCUT2D eigenvalue weighted by Gasteiger charge is -2.31. The Hall–Kier alpha value is -0.0400. The third-order valence-electron chi connectivity index (χ3n) is 3.32. The summed E-state index contributed by atoms with van der Waals surface area (Å²) in [6, 6.07) is 0. The van der Waals surface area contributed by atoms with Crippen LogP contribution < -0.4 is 5.73 Å². The summed E-state index contributed by atoms with van der Waals surface area (Å²) in [7, 11) is 0. The highest BCUT2D eigenvalue weighted by molar-refractivity contribution is 14.0. The molecular weight excluding hydrogens is 341 g/mol. The normalized spacial score (nSPS) is 20.7. The summed E-state index contributed by atoms with van der Waals surface area (Å²) in [5.74, 6) is 1.46. The Morgan fingerprint density at radius 2 is 2.06 bits per heavy atom. The second-order valence-corrected chi connectivity index (χ2v) is 5.07. The molecule has 1 fully saturated rings. The molecule has 0 bridgehead atoms. The van der Waals surface area contributed by atoms with E-state index in [1.165, 1.54) is 12.8 Å². The number of guanidine groups is 1. The summed E-state index contributed by atoms with van der Waals surface area (Å²) in [4.78, 5) is 6.65. The summed E-state index contributed by atoms with van der Waals surface area (Å²) in [6.45, 7) is 5.51. The molecule has 3 N–H and O–H groups in total. The first-order valence-electron chi connectivity index (χ1n) is 6.89. The topological polar surface area (TPSA) is 61.8 Å². The number of nitrogens with zero attached hydrogens (tertiary/aromatic N) is 2. The Balaban J connectivity index is 0.00000289. The minimum absolute atomic E-state index is 0. The van der Waals surface area contributed by atoms with Crippen molar-refractivity contribution >= 4 is 29.9 Å². The van der Waals surface area contributed by atoms with E-state index in [0.717, 1.165) is 57.2 Å². The van der Waals surface area contributed by atoms with E-state index in [-0.39, 0.29) is 24.0 Å². The number of halogens is 1. The van der Waals surface area contributed by atoms with Crippen molar-refractivity contribution in [3.63, 3.8) is 0 Å². The molecule has 0 aromatic rings. The average molecular weight is 369 g/mol. The largest absolute Gasteiger partial charge is 0.396 e. The first-order valence-corrected chi connectivity index (χ1v) is 6.89. The number of hydrogen-bond donors (Lipinski definition) is 2. The number of piperidine rings is 1. The molecule has 1 saturated heterocycles. The molecule has 1 aliphatic rings. The Morgan fingerprint density at radius 1 is 1.33 bits per heavy atom. The van der Waals surface area contributed by atoms with E-state index in [4.69, 9.17) is 10.8 Å². The summed E-state index contributed by atoms with van der Waals surface area (Å²) in [5, 5.41) is 8.65. The summed E-state index contributed by atoms with van der Waals surface area (Å²) >= 11 is 0. The van der Waals surface area contributed by atoms with Crippen LogP contribution in [0.2, 0.25) is 0 Å². The molecule has 5 heteroatoms. The lowest BCUT2D eigenvalue weighted by molar-refractivity contribution is 0.270. The predicted molar refractivity (Wildman–Crippen MR) is 87.4 cm³/mol. The Morgan fingerprint density at radius 3 is 2.72 bits per heavy atom. The minimum atomic E-state index is 0. The molecule has 4 nitrogen and oxygen atoms in total. The van der Waals surface area contributed by atoms with Gasteiger partial charge in [0.05, 0.1) is 0 Å². The summed E-state index contributed by atoms with van der Waals surface area (Å²) in [6.07, 6.45) is 6.74. The van der Waals surface area contributed by atoms with Crippen molar-refractivity contribution in [1.29, 1.82) is 0 Å². The monoisotopic (exact) mass is 369 g/mol. The minimum Gasteiger partial charge on any atom is -0.396 e. The van der Waals surface area contributed by atoms with E-state index in [1.54, 1.807) is 0 Å². The van der Waals surface area contributed by atoms with Crippen molar-refractivity contribution < 1.29 is 5.11 Å². The molecule has 18 heavy (non-hydrogen) atoms. The van der Waals surface area contributed by atoms with Gasteiger partial charge < -0.3 is 15.7 Å². The average Bonchev–Trinajstić information content (AvgIpc) is 2.33. The maximum absolute atomic E-state index is 8.65. The van der Waals surface area contributed by atoms with Crippen molar-refractivity contribution in [1.82, 2.24) is 4.90 Å². The number of nitrogens with two attached hydrogens (primary N) is 1. The third-order valence-corrected chi connectivity index (χ3v) is 3.32. The Bertz CT molecular complexity index is 236. The molecule has 0 spiro atoms. The second kappa shape index (κ2) is 10.8. The molecular formula is C13H28IN3O. The first-order chi connectivity index (χ1) is 8.24. The number of rotatable bonds is 6. The van der Waals surface area contributed by atoms with Crippen LogP contribution in [0, 0.1) is 5.92 Å². The molecule has 1 aliphatic heterocycles. The smallest absolute Gasteiger partial charge is 0.191 e. The van der Waals surface area contributed by atoms with E-state index in [9.17, 15) is 0 Å². The van der Waals surface area contributed by atoms with Gasteiger partial charge in [-0.2, -0.15) is 0 Å². The first kappa shape index (κ1) is 18.0. The number of aliphatic imine (C=N–C) groups is 1. The van der Waals surface area contributed by atoms with Gasteiger partial charge in [0.25, 0.3) is 0 Å². The van der Waals surface area contributed by atoms with Gasteiger partial charge in [-0.15, -0.1) is 24.0 Å². The highest BCUT2D eigenvalue weighted by Crippen LogP contribution is 2.14. The van der Waals surface area contributed by atoms with Gasteiger partial charge in [-0.1, -0.05) is 19.8 Å². The van der Waals surface area contributed by atoms with Crippen LogP contribution in [-0.2, 0) is 0 Å². The number of hydrogen-bond acceptors (Lipinski definition) is 2. The fraction of sp³-hybridized carbons (Fsp3) is 0.923. The van der Waals surface area contributed by atoms with Crippen molar-refractivity contribution in [3.05, 3.63) is 0 Å². The lowest BCUT2D eigenvalue weighted by atomic mass is 10.0. The van der Waals surface area contributed by atoms with Gasteiger partial charge in [-0.05, 0) is 31.6 Å². The van der Waals surface area contributed by atoms with Crippen LogP contribution in [0.5, 0.6) is 0 Å². The number of likely N-dealkylation sites (tertiary alicyclic amines) is 1. The van der Waals surface area contributed by atoms with Crippen LogP contribution in [-0.4, -0.2) is 42.2 Å². The molecule has 1 unspecified atom stereocenters. The van der Waals surface area contributed by atoms with Crippen LogP contribution >= 0.6 is 24.0 Å². The Kier molecular flexibility index (Phi) is 10.8. The van der Waals surface area contributed by atoms with Crippen molar-refractivity contribution in [2.75, 3.05) is 26.2 Å². The maximum Gasteiger partial charge on any atom is 0.191 e. The molecule has 0 aromatic heterocycles. The molecule has 0 amide bonds. The predicted octanol–water partition coefficient (Wildman–Crippen LogP) is 2.20. The highest BCUT2D eigenvalue weighted by Gasteiger charge is 2.17. The van der Waals surface area contributed by atoms with Gasteiger partial charge in [-0.25, -0.2) is 0 Å². The van der Waals surface area contributed by atoms with Crippen LogP contribution in [0.25, 0.3) is 0 Å². The van der Waals surface area contributed by atoms with Crippen LogP contribution in [0.15, 0.2) is 4.99 Å². The molecule has 0 radical (unpaired) electrons. The van der Waals surface area contributed by atoms with E-state index >= 15 is 0 Å². The van der Waals surface area contributed by atoms with Gasteiger partial charge in [-0.3, -0.25) is 4.99 Å². The van der Waals surface area contributed by atoms with Crippen molar-refractivity contribution in [2.45, 2.75) is 45.4 Å². The van der Waals surface area contributed by atoms with Crippen molar-refractivity contribution in [2.24, 2.45) is 16.6 Å². The molecule has 0 aliphatic carbocycles. The molecule has 1 heterocycles. The second-order valence-electron chi connectivity index (χ2n) is 5.07. The maximum atomic E-state index is 8.65. The van der Waals surface area contributed by atoms with E-state index in [0.29, 0.717) is 6.61 Å². The standard InChI is InChI=1S/C13H27N3O.HI/c1-12-7-6-9-16(11-12)13(14)15-8-4-2-3-5-10-17;/h12,17H,2-11H2,1H3,(H2,14,15);1H. The molecule has 108 valence electrons. The Labute approximate surface area is 128 Å².